The Morgan fingerprint density at radius 1 is 1.29 bits per heavy atom. The minimum atomic E-state index is -3.50. The molecule has 0 saturated carbocycles. The van der Waals surface area contributed by atoms with Gasteiger partial charge in [-0.2, -0.15) is 4.31 Å². The molecular weight excluding hydrogens is 288 g/mol. The summed E-state index contributed by atoms with van der Waals surface area (Å²) >= 11 is 0. The predicted molar refractivity (Wildman–Crippen MR) is 81.7 cm³/mol. The van der Waals surface area contributed by atoms with E-state index in [1.54, 1.807) is 22.6 Å². The number of aromatic nitrogens is 1. The van der Waals surface area contributed by atoms with Crippen molar-refractivity contribution in [1.82, 2.24) is 14.2 Å². The van der Waals surface area contributed by atoms with Crippen molar-refractivity contribution in [1.29, 1.82) is 0 Å². The molecule has 0 aliphatic carbocycles. The van der Waals surface area contributed by atoms with Crippen LogP contribution in [0.4, 0.5) is 0 Å². The van der Waals surface area contributed by atoms with Crippen molar-refractivity contribution in [3.63, 3.8) is 0 Å². The second-order valence-electron chi connectivity index (χ2n) is 5.72. The number of piperidine rings is 1. The van der Waals surface area contributed by atoms with Crippen LogP contribution in [-0.2, 0) is 16.6 Å². The van der Waals surface area contributed by atoms with Gasteiger partial charge in [0.2, 0.25) is 0 Å². The zero-order valence-corrected chi connectivity index (χ0v) is 13.2. The second-order valence-corrected chi connectivity index (χ2v) is 7.57. The normalized spacial score (nSPS) is 20.6. The van der Waals surface area contributed by atoms with Gasteiger partial charge < -0.3 is 4.90 Å². The first-order valence-electron chi connectivity index (χ1n) is 7.15. The number of fused-ring (bicyclic) bond motifs is 1. The largest absolute Gasteiger partial charge is 0.306 e. The summed E-state index contributed by atoms with van der Waals surface area (Å²) in [5, 5.41) is 0.189. The Bertz CT molecular complexity index is 661. The smallest absolute Gasteiger partial charge is 0.260 e. The van der Waals surface area contributed by atoms with Crippen molar-refractivity contribution in [2.24, 2.45) is 4.99 Å². The maximum atomic E-state index is 12.8. The van der Waals surface area contributed by atoms with Gasteiger partial charge in [0.05, 0.1) is 12.2 Å². The van der Waals surface area contributed by atoms with Crippen molar-refractivity contribution < 1.29 is 8.42 Å². The van der Waals surface area contributed by atoms with Crippen LogP contribution < -0.4 is 0 Å². The lowest BCUT2D eigenvalue weighted by Crippen LogP contribution is -2.46. The molecule has 0 unspecified atom stereocenters. The second kappa shape index (κ2) is 5.47. The summed E-state index contributed by atoms with van der Waals surface area (Å²) in [5.74, 6) is 0. The topological polar surface area (TPSA) is 65.9 Å². The molecule has 2 aliphatic rings. The molecule has 21 heavy (non-hydrogen) atoms. The van der Waals surface area contributed by atoms with E-state index in [2.05, 4.69) is 14.9 Å². The average Bonchev–Trinajstić information content (AvgIpc) is 2.92. The molecule has 0 radical (unpaired) electrons. The Morgan fingerprint density at radius 3 is 2.67 bits per heavy atom. The zero-order chi connectivity index (χ0) is 15.0. The summed E-state index contributed by atoms with van der Waals surface area (Å²) in [6, 6.07) is 4.00. The van der Waals surface area contributed by atoms with E-state index in [0.29, 0.717) is 31.2 Å². The highest BCUT2D eigenvalue weighted by Gasteiger charge is 2.36. The highest BCUT2D eigenvalue weighted by Crippen LogP contribution is 2.24. The third-order valence-electron chi connectivity index (χ3n) is 4.23. The van der Waals surface area contributed by atoms with Gasteiger partial charge in [-0.1, -0.05) is 0 Å². The van der Waals surface area contributed by atoms with Gasteiger partial charge >= 0.3 is 0 Å². The van der Waals surface area contributed by atoms with Crippen LogP contribution in [0.1, 0.15) is 24.1 Å². The molecule has 0 aromatic carbocycles. The molecule has 2 aliphatic heterocycles. The maximum absolute atomic E-state index is 12.8. The minimum Gasteiger partial charge on any atom is -0.306 e. The van der Waals surface area contributed by atoms with Crippen molar-refractivity contribution in [3.8, 4) is 0 Å². The van der Waals surface area contributed by atoms with Crippen LogP contribution in [0.3, 0.4) is 0 Å². The van der Waals surface area contributed by atoms with Crippen LogP contribution >= 0.6 is 0 Å². The highest BCUT2D eigenvalue weighted by molar-refractivity contribution is 8.05. The van der Waals surface area contributed by atoms with E-state index in [4.69, 9.17) is 0 Å². The van der Waals surface area contributed by atoms with Crippen LogP contribution in [0.5, 0.6) is 0 Å². The van der Waals surface area contributed by atoms with E-state index in [1.165, 1.54) is 0 Å². The van der Waals surface area contributed by atoms with Gasteiger partial charge in [0.15, 0.2) is 5.04 Å². The first kappa shape index (κ1) is 14.6. The van der Waals surface area contributed by atoms with Gasteiger partial charge in [-0.25, -0.2) is 8.42 Å². The lowest BCUT2D eigenvalue weighted by molar-refractivity contribution is 0.198. The van der Waals surface area contributed by atoms with Crippen LogP contribution in [0.15, 0.2) is 23.3 Å². The molecule has 3 rings (SSSR count). The predicted octanol–water partition coefficient (Wildman–Crippen LogP) is 0.698. The molecule has 0 spiro atoms. The summed E-state index contributed by atoms with van der Waals surface area (Å²) < 4.78 is 27.1. The number of pyridine rings is 1. The van der Waals surface area contributed by atoms with Crippen molar-refractivity contribution in [3.05, 3.63) is 29.6 Å². The van der Waals surface area contributed by atoms with Crippen LogP contribution in [0.25, 0.3) is 0 Å². The van der Waals surface area contributed by atoms with Gasteiger partial charge in [-0.15, -0.1) is 0 Å². The molecule has 1 aromatic heterocycles. The van der Waals surface area contributed by atoms with Crippen molar-refractivity contribution in [2.45, 2.75) is 25.4 Å². The minimum absolute atomic E-state index is 0.189. The molecule has 0 N–H and O–H groups in total. The molecular formula is C14H20N4O2S. The molecule has 0 atom stereocenters. The van der Waals surface area contributed by atoms with Gasteiger partial charge in [0.1, 0.15) is 0 Å². The highest BCUT2D eigenvalue weighted by atomic mass is 32.2. The molecule has 1 saturated heterocycles. The summed E-state index contributed by atoms with van der Waals surface area (Å²) in [6.45, 7) is 1.47. The Kier molecular flexibility index (Phi) is 3.81. The zero-order valence-electron chi connectivity index (χ0n) is 12.4. The van der Waals surface area contributed by atoms with Gasteiger partial charge in [-0.05, 0) is 39.1 Å². The fraction of sp³-hybridized carbons (Fsp3) is 0.571. The third-order valence-corrected chi connectivity index (χ3v) is 6.11. The van der Waals surface area contributed by atoms with E-state index in [0.717, 1.165) is 18.5 Å². The van der Waals surface area contributed by atoms with Crippen LogP contribution in [-0.4, -0.2) is 60.9 Å². The van der Waals surface area contributed by atoms with Crippen LogP contribution in [0, 0.1) is 0 Å². The number of nitrogens with zero attached hydrogens (tertiary/aromatic N) is 4. The van der Waals surface area contributed by atoms with Crippen LogP contribution in [0.2, 0.25) is 0 Å². The monoisotopic (exact) mass is 308 g/mol. The molecule has 6 nitrogen and oxygen atoms in total. The molecule has 1 aromatic rings. The van der Waals surface area contributed by atoms with E-state index < -0.39 is 10.0 Å². The van der Waals surface area contributed by atoms with Crippen molar-refractivity contribution in [2.75, 3.05) is 27.2 Å². The van der Waals surface area contributed by atoms with E-state index in [1.807, 2.05) is 14.1 Å². The standard InChI is InChI=1S/C14H20N4O2S/c1-17(2)11-5-8-18(9-6-11)21(19,20)14-12-4-3-7-15-13(12)10-16-14/h3-4,7,11H,5-6,8-10H2,1-2H3. The molecule has 0 amide bonds. The SMILES string of the molecule is CN(C)C1CCN(S(=O)(=O)C2=NCc3ncccc32)CC1. The molecule has 3 heterocycles. The lowest BCUT2D eigenvalue weighted by Gasteiger charge is -2.34. The molecule has 7 heteroatoms. The summed E-state index contributed by atoms with van der Waals surface area (Å²) in [5.41, 5.74) is 1.41. The quantitative estimate of drug-likeness (QED) is 0.806. The average molecular weight is 308 g/mol. The Labute approximate surface area is 125 Å². The first-order chi connectivity index (χ1) is 10.00. The van der Waals surface area contributed by atoms with E-state index in [-0.39, 0.29) is 5.04 Å². The Hall–Kier alpha value is -1.31. The number of rotatable bonds is 2. The Morgan fingerprint density at radius 2 is 2.00 bits per heavy atom. The third kappa shape index (κ3) is 2.61. The van der Waals surface area contributed by atoms with Crippen molar-refractivity contribution >= 4 is 15.1 Å². The number of aliphatic imine (C=N–C) groups is 1. The molecule has 0 bridgehead atoms. The summed E-state index contributed by atoms with van der Waals surface area (Å²) in [6.07, 6.45) is 3.39. The van der Waals surface area contributed by atoms with Gasteiger partial charge in [0, 0.05) is 30.9 Å². The first-order valence-corrected chi connectivity index (χ1v) is 8.59. The lowest BCUT2D eigenvalue weighted by atomic mass is 10.1. The maximum Gasteiger partial charge on any atom is 0.260 e. The Balaban J connectivity index is 1.80. The fourth-order valence-electron chi connectivity index (χ4n) is 2.93. The van der Waals surface area contributed by atoms with E-state index in [9.17, 15) is 8.42 Å². The molecule has 1 fully saturated rings. The van der Waals surface area contributed by atoms with E-state index >= 15 is 0 Å². The summed E-state index contributed by atoms with van der Waals surface area (Å²) in [4.78, 5) is 10.6. The van der Waals surface area contributed by atoms with Gasteiger partial charge in [-0.3, -0.25) is 9.98 Å². The molecule has 114 valence electrons. The fourth-order valence-corrected chi connectivity index (χ4v) is 4.56. The van der Waals surface area contributed by atoms with Gasteiger partial charge in [0.25, 0.3) is 10.0 Å². The number of hydrogen-bond donors (Lipinski definition) is 0. The number of sulfonamides is 1. The summed E-state index contributed by atoms with van der Waals surface area (Å²) in [7, 11) is 0.579. The number of hydrogen-bond acceptors (Lipinski definition) is 5.